The Bertz CT molecular complexity index is 655. The van der Waals surface area contributed by atoms with Gasteiger partial charge in [-0.15, -0.1) is 0 Å². The van der Waals surface area contributed by atoms with E-state index < -0.39 is 5.82 Å². The Balaban J connectivity index is 2.17. The van der Waals surface area contributed by atoms with E-state index in [4.69, 9.17) is 5.11 Å². The van der Waals surface area contributed by atoms with E-state index in [9.17, 15) is 4.39 Å². The summed E-state index contributed by atoms with van der Waals surface area (Å²) in [5, 5.41) is 10.2. The highest BCUT2D eigenvalue weighted by Crippen LogP contribution is 2.27. The molecule has 0 saturated heterocycles. The summed E-state index contributed by atoms with van der Waals surface area (Å²) in [5.74, 6) is -0.939. The maximum Gasteiger partial charge on any atom is 0.165 e. The number of aromatic nitrogens is 1. The Morgan fingerprint density at radius 1 is 1.00 bits per heavy atom. The highest BCUT2D eigenvalue weighted by molar-refractivity contribution is 5.85. The van der Waals surface area contributed by atoms with Crippen LogP contribution in [-0.4, -0.2) is 10.1 Å². The topological polar surface area (TPSA) is 36.0 Å². The summed E-state index contributed by atoms with van der Waals surface area (Å²) in [7, 11) is 0. The van der Waals surface area contributed by atoms with E-state index in [-0.39, 0.29) is 5.75 Å². The van der Waals surface area contributed by atoms with Crippen LogP contribution in [-0.2, 0) is 0 Å². The minimum absolute atomic E-state index is 0.329. The molecule has 84 valence electrons. The maximum absolute atomic E-state index is 13.3. The van der Waals surface area contributed by atoms with Gasteiger partial charge >= 0.3 is 0 Å². The van der Waals surface area contributed by atoms with Crippen LogP contribution >= 0.6 is 0 Å². The number of rotatable bonds is 1. The number of fused-ring (bicyclic) bond motifs is 1. The van der Waals surface area contributed by atoms with Crippen LogP contribution in [0.15, 0.2) is 48.5 Å². The average Bonchev–Trinajstić information content (AvgIpc) is 2.76. The van der Waals surface area contributed by atoms with Crippen molar-refractivity contribution in [3.8, 4) is 17.0 Å². The Hall–Kier alpha value is -2.29. The van der Waals surface area contributed by atoms with Gasteiger partial charge in [0, 0.05) is 22.2 Å². The number of phenols is 1. The zero-order valence-corrected chi connectivity index (χ0v) is 8.94. The summed E-state index contributed by atoms with van der Waals surface area (Å²) in [6, 6.07) is 14.2. The second kappa shape index (κ2) is 3.63. The Morgan fingerprint density at radius 3 is 2.59 bits per heavy atom. The molecule has 0 bridgehead atoms. The standard InChI is InChI=1S/C14H10FNO/c15-11-7-10(5-6-14(11)17)13-8-9-3-1-2-4-12(9)16-13/h1-8,16-17H. The van der Waals surface area contributed by atoms with Gasteiger partial charge in [0.2, 0.25) is 0 Å². The summed E-state index contributed by atoms with van der Waals surface area (Å²) in [4.78, 5) is 3.21. The number of halogens is 1. The van der Waals surface area contributed by atoms with Crippen LogP contribution in [0.2, 0.25) is 0 Å². The van der Waals surface area contributed by atoms with Crippen LogP contribution in [0.1, 0.15) is 0 Å². The lowest BCUT2D eigenvalue weighted by Gasteiger charge is -1.99. The average molecular weight is 227 g/mol. The molecule has 0 spiro atoms. The zero-order valence-electron chi connectivity index (χ0n) is 8.94. The van der Waals surface area contributed by atoms with Crippen molar-refractivity contribution in [1.29, 1.82) is 0 Å². The molecule has 0 amide bonds. The molecule has 2 nitrogen and oxygen atoms in total. The van der Waals surface area contributed by atoms with Gasteiger partial charge in [-0.3, -0.25) is 0 Å². The van der Waals surface area contributed by atoms with E-state index in [1.807, 2.05) is 30.3 Å². The van der Waals surface area contributed by atoms with Gasteiger partial charge in [0.1, 0.15) is 0 Å². The fourth-order valence-corrected chi connectivity index (χ4v) is 1.90. The number of hydrogen-bond acceptors (Lipinski definition) is 1. The summed E-state index contributed by atoms with van der Waals surface area (Å²) in [5.41, 5.74) is 2.57. The predicted octanol–water partition coefficient (Wildman–Crippen LogP) is 3.68. The third-order valence-electron chi connectivity index (χ3n) is 2.79. The monoisotopic (exact) mass is 227 g/mol. The first-order chi connectivity index (χ1) is 8.24. The molecule has 3 aromatic rings. The molecule has 17 heavy (non-hydrogen) atoms. The Labute approximate surface area is 97.3 Å². The number of H-pyrrole nitrogens is 1. The third-order valence-corrected chi connectivity index (χ3v) is 2.79. The molecule has 0 fully saturated rings. The lowest BCUT2D eigenvalue weighted by atomic mass is 10.1. The summed E-state index contributed by atoms with van der Waals surface area (Å²) in [6.07, 6.45) is 0. The van der Waals surface area contributed by atoms with Crippen LogP contribution in [0, 0.1) is 5.82 Å². The van der Waals surface area contributed by atoms with Crippen LogP contribution in [0.25, 0.3) is 22.2 Å². The first kappa shape index (κ1) is 9.90. The van der Waals surface area contributed by atoms with Gasteiger partial charge in [0.15, 0.2) is 11.6 Å². The van der Waals surface area contributed by atoms with Crippen molar-refractivity contribution in [3.63, 3.8) is 0 Å². The van der Waals surface area contributed by atoms with Crippen molar-refractivity contribution in [1.82, 2.24) is 4.98 Å². The van der Waals surface area contributed by atoms with E-state index in [0.717, 1.165) is 22.2 Å². The second-order valence-electron chi connectivity index (χ2n) is 3.94. The largest absolute Gasteiger partial charge is 0.505 e. The molecule has 0 aliphatic carbocycles. The van der Waals surface area contributed by atoms with E-state index >= 15 is 0 Å². The van der Waals surface area contributed by atoms with Crippen LogP contribution in [0.4, 0.5) is 4.39 Å². The van der Waals surface area contributed by atoms with E-state index in [0.29, 0.717) is 0 Å². The lowest BCUT2D eigenvalue weighted by molar-refractivity contribution is 0.432. The number of nitrogens with one attached hydrogen (secondary N) is 1. The summed E-state index contributed by atoms with van der Waals surface area (Å²) in [6.45, 7) is 0. The number of aromatic amines is 1. The van der Waals surface area contributed by atoms with Crippen molar-refractivity contribution in [2.75, 3.05) is 0 Å². The van der Waals surface area contributed by atoms with E-state index in [1.54, 1.807) is 6.07 Å². The smallest absolute Gasteiger partial charge is 0.165 e. The summed E-state index contributed by atoms with van der Waals surface area (Å²) < 4.78 is 13.3. The minimum atomic E-state index is -0.610. The zero-order chi connectivity index (χ0) is 11.8. The van der Waals surface area contributed by atoms with Gasteiger partial charge in [-0.2, -0.15) is 0 Å². The van der Waals surface area contributed by atoms with E-state index in [1.165, 1.54) is 12.1 Å². The number of hydrogen-bond donors (Lipinski definition) is 2. The lowest BCUT2D eigenvalue weighted by Crippen LogP contribution is -1.80. The molecular formula is C14H10FNO. The fourth-order valence-electron chi connectivity index (χ4n) is 1.90. The van der Waals surface area contributed by atoms with Crippen molar-refractivity contribution in [2.45, 2.75) is 0 Å². The fraction of sp³-hybridized carbons (Fsp3) is 0. The molecule has 0 radical (unpaired) electrons. The number of benzene rings is 2. The van der Waals surface area contributed by atoms with Crippen LogP contribution in [0.5, 0.6) is 5.75 Å². The highest BCUT2D eigenvalue weighted by Gasteiger charge is 2.06. The van der Waals surface area contributed by atoms with Gasteiger partial charge in [0.05, 0.1) is 0 Å². The van der Waals surface area contributed by atoms with Crippen molar-refractivity contribution >= 4 is 10.9 Å². The molecule has 0 saturated carbocycles. The second-order valence-corrected chi connectivity index (χ2v) is 3.94. The molecule has 1 heterocycles. The Morgan fingerprint density at radius 2 is 1.82 bits per heavy atom. The number of aromatic hydroxyl groups is 1. The van der Waals surface area contributed by atoms with Gasteiger partial charge < -0.3 is 10.1 Å². The third kappa shape index (κ3) is 1.65. The van der Waals surface area contributed by atoms with E-state index in [2.05, 4.69) is 4.98 Å². The predicted molar refractivity (Wildman–Crippen MR) is 65.4 cm³/mol. The van der Waals surface area contributed by atoms with Gasteiger partial charge in [-0.05, 0) is 30.3 Å². The first-order valence-corrected chi connectivity index (χ1v) is 5.31. The Kier molecular flexibility index (Phi) is 2.11. The molecule has 2 aromatic carbocycles. The number of para-hydroxylation sites is 1. The van der Waals surface area contributed by atoms with Crippen molar-refractivity contribution in [2.24, 2.45) is 0 Å². The molecule has 1 aromatic heterocycles. The van der Waals surface area contributed by atoms with Crippen molar-refractivity contribution in [3.05, 3.63) is 54.3 Å². The van der Waals surface area contributed by atoms with Crippen LogP contribution in [0.3, 0.4) is 0 Å². The molecule has 0 aliphatic heterocycles. The normalized spacial score (nSPS) is 10.9. The number of phenolic OH excluding ortho intramolecular Hbond substituents is 1. The first-order valence-electron chi connectivity index (χ1n) is 5.31. The van der Waals surface area contributed by atoms with Crippen molar-refractivity contribution < 1.29 is 9.50 Å². The van der Waals surface area contributed by atoms with Gasteiger partial charge in [-0.1, -0.05) is 18.2 Å². The van der Waals surface area contributed by atoms with Gasteiger partial charge in [0.25, 0.3) is 0 Å². The molecule has 0 aliphatic rings. The molecular weight excluding hydrogens is 217 g/mol. The molecule has 2 N–H and O–H groups in total. The van der Waals surface area contributed by atoms with Gasteiger partial charge in [-0.25, -0.2) is 4.39 Å². The van der Waals surface area contributed by atoms with Crippen LogP contribution < -0.4 is 0 Å². The molecule has 3 heteroatoms. The highest BCUT2D eigenvalue weighted by atomic mass is 19.1. The quantitative estimate of drug-likeness (QED) is 0.653. The maximum atomic E-state index is 13.3. The molecule has 3 rings (SSSR count). The minimum Gasteiger partial charge on any atom is -0.505 e. The SMILES string of the molecule is Oc1ccc(-c2cc3ccccc3[nH]2)cc1F. The summed E-state index contributed by atoms with van der Waals surface area (Å²) >= 11 is 0. The molecule has 0 unspecified atom stereocenters. The molecule has 0 atom stereocenters.